The Morgan fingerprint density at radius 3 is 3.00 bits per heavy atom. The smallest absolute Gasteiger partial charge is 0.275 e. The molecule has 3 aromatic rings. The summed E-state index contributed by atoms with van der Waals surface area (Å²) < 4.78 is 1.33. The zero-order valence-electron chi connectivity index (χ0n) is 15.8. The number of anilines is 1. The number of pyridine rings is 1. The summed E-state index contributed by atoms with van der Waals surface area (Å²) in [6.07, 6.45) is 3.36. The molecular formula is C19H22N6O2S. The Kier molecular flexibility index (Phi) is 5.08. The molecule has 4 heterocycles. The lowest BCUT2D eigenvalue weighted by atomic mass is 10.1. The number of nitrogens with zero attached hydrogens (tertiary/aromatic N) is 5. The van der Waals surface area contributed by atoms with Crippen LogP contribution >= 0.6 is 11.3 Å². The second kappa shape index (κ2) is 7.67. The average Bonchev–Trinajstić information content (AvgIpc) is 3.33. The Hall–Kier alpha value is -2.81. The first-order valence-corrected chi connectivity index (χ1v) is 10.2. The van der Waals surface area contributed by atoms with Crippen molar-refractivity contribution in [2.75, 3.05) is 11.4 Å². The molecule has 1 fully saturated rings. The number of nitrogens with one attached hydrogen (secondary N) is 1. The predicted molar refractivity (Wildman–Crippen MR) is 108 cm³/mol. The van der Waals surface area contributed by atoms with Crippen LogP contribution in [0.15, 0.2) is 35.3 Å². The van der Waals surface area contributed by atoms with Gasteiger partial charge in [-0.1, -0.05) is 31.3 Å². The molecular weight excluding hydrogens is 376 g/mol. The Morgan fingerprint density at radius 2 is 2.25 bits per heavy atom. The standard InChI is InChI=1S/C19H22N6O2S/c1-12(2)14-10-16(26)25-18(22-14)28-19(23-25)24-9-5-7-15(24)17(27)21-11-13-6-3-4-8-20-13/h3-4,6,8,10,12,15H,5,7,9,11H2,1-2H3,(H,21,27). The molecule has 3 aromatic heterocycles. The number of carbonyl (C=O) groups is 1. The van der Waals surface area contributed by atoms with E-state index in [-0.39, 0.29) is 23.4 Å². The maximum atomic E-state index is 12.7. The first kappa shape index (κ1) is 18.5. The lowest BCUT2D eigenvalue weighted by Gasteiger charge is -2.22. The van der Waals surface area contributed by atoms with Crippen LogP contribution in [0.5, 0.6) is 0 Å². The van der Waals surface area contributed by atoms with Gasteiger partial charge in [0, 0.05) is 18.8 Å². The van der Waals surface area contributed by atoms with Gasteiger partial charge in [-0.2, -0.15) is 4.52 Å². The molecule has 4 rings (SSSR count). The average molecular weight is 398 g/mol. The number of amides is 1. The Morgan fingerprint density at radius 1 is 1.39 bits per heavy atom. The first-order valence-electron chi connectivity index (χ1n) is 9.38. The van der Waals surface area contributed by atoms with Crippen LogP contribution in [0.3, 0.4) is 0 Å². The van der Waals surface area contributed by atoms with Crippen molar-refractivity contribution in [3.05, 3.63) is 52.2 Å². The summed E-state index contributed by atoms with van der Waals surface area (Å²) in [5, 5.41) is 8.05. The first-order chi connectivity index (χ1) is 13.5. The summed E-state index contributed by atoms with van der Waals surface area (Å²) in [5.74, 6) is 0.116. The number of fused-ring (bicyclic) bond motifs is 1. The van der Waals surface area contributed by atoms with Crippen LogP contribution in [-0.4, -0.2) is 38.1 Å². The summed E-state index contributed by atoms with van der Waals surface area (Å²) in [7, 11) is 0. The molecule has 0 saturated carbocycles. The quantitative estimate of drug-likeness (QED) is 0.706. The number of hydrogen-bond donors (Lipinski definition) is 1. The van der Waals surface area contributed by atoms with E-state index in [0.29, 0.717) is 16.6 Å². The zero-order valence-corrected chi connectivity index (χ0v) is 16.6. The molecule has 0 radical (unpaired) electrons. The highest BCUT2D eigenvalue weighted by atomic mass is 32.1. The van der Waals surface area contributed by atoms with Gasteiger partial charge < -0.3 is 10.2 Å². The molecule has 0 aliphatic carbocycles. The molecule has 28 heavy (non-hydrogen) atoms. The lowest BCUT2D eigenvalue weighted by molar-refractivity contribution is -0.122. The highest BCUT2D eigenvalue weighted by Gasteiger charge is 2.33. The zero-order chi connectivity index (χ0) is 19.7. The fraction of sp³-hybridized carbons (Fsp3) is 0.421. The minimum absolute atomic E-state index is 0.0504. The van der Waals surface area contributed by atoms with Crippen LogP contribution in [0.2, 0.25) is 0 Å². The van der Waals surface area contributed by atoms with Crippen molar-refractivity contribution in [1.29, 1.82) is 0 Å². The van der Waals surface area contributed by atoms with Crippen molar-refractivity contribution in [2.24, 2.45) is 0 Å². The second-order valence-corrected chi connectivity index (χ2v) is 8.08. The Labute approximate surface area is 166 Å². The number of rotatable bonds is 5. The van der Waals surface area contributed by atoms with Crippen LogP contribution in [0.25, 0.3) is 4.96 Å². The van der Waals surface area contributed by atoms with Crippen LogP contribution in [0.1, 0.15) is 44.0 Å². The van der Waals surface area contributed by atoms with Gasteiger partial charge in [0.2, 0.25) is 16.0 Å². The van der Waals surface area contributed by atoms with Gasteiger partial charge in [-0.25, -0.2) is 4.98 Å². The molecule has 1 atom stereocenters. The molecule has 8 nitrogen and oxygen atoms in total. The third kappa shape index (κ3) is 3.62. The summed E-state index contributed by atoms with van der Waals surface area (Å²) >= 11 is 1.35. The molecule has 0 spiro atoms. The molecule has 1 aliphatic heterocycles. The van der Waals surface area contributed by atoms with Gasteiger partial charge in [0.1, 0.15) is 6.04 Å². The molecule has 146 valence electrons. The van der Waals surface area contributed by atoms with Gasteiger partial charge in [0.25, 0.3) is 5.56 Å². The van der Waals surface area contributed by atoms with Crippen molar-refractivity contribution in [3.63, 3.8) is 0 Å². The van der Waals surface area contributed by atoms with Gasteiger partial charge in [-0.15, -0.1) is 5.10 Å². The Balaban J connectivity index is 1.55. The Bertz CT molecular complexity index is 1050. The van der Waals surface area contributed by atoms with Crippen molar-refractivity contribution in [2.45, 2.75) is 45.2 Å². The molecule has 0 bridgehead atoms. The molecule has 0 aromatic carbocycles. The summed E-state index contributed by atoms with van der Waals surface area (Å²) in [4.78, 5) is 36.4. The van der Waals surface area contributed by atoms with Crippen molar-refractivity contribution in [3.8, 4) is 0 Å². The highest BCUT2D eigenvalue weighted by Crippen LogP contribution is 2.29. The second-order valence-electron chi connectivity index (χ2n) is 7.14. The van der Waals surface area contributed by atoms with Crippen LogP contribution in [-0.2, 0) is 11.3 Å². The van der Waals surface area contributed by atoms with Gasteiger partial charge in [0.15, 0.2) is 0 Å². The third-order valence-electron chi connectivity index (χ3n) is 4.82. The number of hydrogen-bond acceptors (Lipinski definition) is 7. The summed E-state index contributed by atoms with van der Waals surface area (Å²) in [6.45, 7) is 5.13. The van der Waals surface area contributed by atoms with E-state index in [1.807, 2.05) is 36.9 Å². The van der Waals surface area contributed by atoms with Crippen LogP contribution < -0.4 is 15.8 Å². The monoisotopic (exact) mass is 398 g/mol. The largest absolute Gasteiger partial charge is 0.349 e. The van der Waals surface area contributed by atoms with Gasteiger partial charge in [0.05, 0.1) is 17.9 Å². The molecule has 1 aliphatic rings. The molecule has 1 N–H and O–H groups in total. The molecule has 1 amide bonds. The van der Waals surface area contributed by atoms with E-state index in [1.54, 1.807) is 6.20 Å². The molecule has 1 unspecified atom stereocenters. The van der Waals surface area contributed by atoms with E-state index in [9.17, 15) is 9.59 Å². The molecule has 1 saturated heterocycles. The minimum Gasteiger partial charge on any atom is -0.349 e. The fourth-order valence-electron chi connectivity index (χ4n) is 3.30. The fourth-order valence-corrected chi connectivity index (χ4v) is 4.29. The van der Waals surface area contributed by atoms with Crippen molar-refractivity contribution >= 4 is 27.3 Å². The van der Waals surface area contributed by atoms with Gasteiger partial charge in [-0.05, 0) is 30.9 Å². The van der Waals surface area contributed by atoms with E-state index in [4.69, 9.17) is 0 Å². The van der Waals surface area contributed by atoms with Crippen LogP contribution in [0.4, 0.5) is 5.13 Å². The molecule has 9 heteroatoms. The van der Waals surface area contributed by atoms with Gasteiger partial charge >= 0.3 is 0 Å². The predicted octanol–water partition coefficient (Wildman–Crippen LogP) is 1.95. The maximum absolute atomic E-state index is 12.7. The normalized spacial score (nSPS) is 16.8. The van der Waals surface area contributed by atoms with Crippen LogP contribution in [0, 0.1) is 0 Å². The van der Waals surface area contributed by atoms with Crippen molar-refractivity contribution in [1.82, 2.24) is 24.9 Å². The lowest BCUT2D eigenvalue weighted by Crippen LogP contribution is -2.43. The van der Waals surface area contributed by atoms with E-state index >= 15 is 0 Å². The third-order valence-corrected chi connectivity index (χ3v) is 5.76. The van der Waals surface area contributed by atoms with E-state index < -0.39 is 0 Å². The van der Waals surface area contributed by atoms with E-state index in [2.05, 4.69) is 20.4 Å². The van der Waals surface area contributed by atoms with E-state index in [0.717, 1.165) is 30.8 Å². The highest BCUT2D eigenvalue weighted by molar-refractivity contribution is 7.20. The van der Waals surface area contributed by atoms with Crippen molar-refractivity contribution < 1.29 is 4.79 Å². The summed E-state index contributed by atoms with van der Waals surface area (Å²) in [5.41, 5.74) is 1.38. The van der Waals surface area contributed by atoms with E-state index in [1.165, 1.54) is 21.9 Å². The number of carbonyl (C=O) groups excluding carboxylic acids is 1. The van der Waals surface area contributed by atoms with Gasteiger partial charge in [-0.3, -0.25) is 14.6 Å². The SMILES string of the molecule is CC(C)c1cc(=O)n2nc(N3CCCC3C(=O)NCc3ccccn3)sc2n1. The number of aromatic nitrogens is 4. The minimum atomic E-state index is -0.301. The maximum Gasteiger partial charge on any atom is 0.275 e. The summed E-state index contributed by atoms with van der Waals surface area (Å²) in [6, 6.07) is 6.85. The topological polar surface area (TPSA) is 92.5 Å².